The van der Waals surface area contributed by atoms with E-state index in [1.807, 2.05) is 26.8 Å². The Kier molecular flexibility index (Phi) is 5.21. The van der Waals surface area contributed by atoms with Crippen molar-refractivity contribution in [3.05, 3.63) is 39.9 Å². The first-order valence-electron chi connectivity index (χ1n) is 6.97. The number of amides is 2. The van der Waals surface area contributed by atoms with Gasteiger partial charge in [0, 0.05) is 5.56 Å². The molecular weight excluding hydrogens is 300 g/mol. The van der Waals surface area contributed by atoms with E-state index < -0.39 is 0 Å². The van der Waals surface area contributed by atoms with Gasteiger partial charge in [-0.05, 0) is 43.5 Å². The molecule has 0 bridgehead atoms. The number of aryl methyl sites for hydroxylation is 3. The van der Waals surface area contributed by atoms with Crippen molar-refractivity contribution < 1.29 is 9.59 Å². The molecule has 0 aliphatic rings. The molecule has 0 radical (unpaired) electrons. The van der Waals surface area contributed by atoms with Crippen molar-refractivity contribution in [3.63, 3.8) is 0 Å². The molecule has 2 aromatic rings. The maximum atomic E-state index is 12.0. The van der Waals surface area contributed by atoms with Crippen LogP contribution in [0.1, 0.15) is 33.4 Å². The molecule has 6 nitrogen and oxygen atoms in total. The molecule has 0 saturated carbocycles. The number of benzene rings is 1. The highest BCUT2D eigenvalue weighted by Gasteiger charge is 2.11. The van der Waals surface area contributed by atoms with Crippen molar-refractivity contribution in [2.24, 2.45) is 0 Å². The molecule has 1 aromatic carbocycles. The molecular formula is C15H18N4O2S. The third-order valence-electron chi connectivity index (χ3n) is 3.19. The first-order chi connectivity index (χ1) is 10.5. The molecule has 0 atom stereocenters. The summed E-state index contributed by atoms with van der Waals surface area (Å²) in [6.07, 6.45) is 0.775. The number of nitrogens with zero attached hydrogens (tertiary/aromatic N) is 2. The van der Waals surface area contributed by atoms with Crippen LogP contribution in [-0.2, 0) is 11.2 Å². The normalized spacial score (nSPS) is 10.3. The first kappa shape index (κ1) is 16.1. The molecule has 1 heterocycles. The van der Waals surface area contributed by atoms with Crippen LogP contribution >= 0.6 is 11.3 Å². The zero-order chi connectivity index (χ0) is 16.1. The number of hydrogen-bond acceptors (Lipinski definition) is 5. The van der Waals surface area contributed by atoms with Gasteiger partial charge in [0.1, 0.15) is 5.01 Å². The van der Waals surface area contributed by atoms with Crippen molar-refractivity contribution in [3.8, 4) is 0 Å². The van der Waals surface area contributed by atoms with Crippen molar-refractivity contribution >= 4 is 28.3 Å². The Labute approximate surface area is 133 Å². The van der Waals surface area contributed by atoms with Crippen molar-refractivity contribution in [1.82, 2.24) is 15.5 Å². The molecule has 0 fully saturated rings. The highest BCUT2D eigenvalue weighted by molar-refractivity contribution is 7.15. The van der Waals surface area contributed by atoms with Crippen molar-refractivity contribution in [2.45, 2.75) is 27.2 Å². The standard InChI is InChI=1S/C15H18N4O2S/c1-4-13-18-19-15(22-13)17-12(20)8-16-14(21)11-6-5-9(2)10(3)7-11/h5-7H,4,8H2,1-3H3,(H,16,21)(H,17,19,20). The van der Waals surface area contributed by atoms with Gasteiger partial charge in [-0.25, -0.2) is 0 Å². The Hall–Kier alpha value is -2.28. The molecule has 22 heavy (non-hydrogen) atoms. The molecule has 116 valence electrons. The molecule has 1 aromatic heterocycles. The van der Waals surface area contributed by atoms with E-state index in [1.54, 1.807) is 12.1 Å². The highest BCUT2D eigenvalue weighted by Crippen LogP contribution is 2.15. The Morgan fingerprint density at radius 2 is 1.95 bits per heavy atom. The number of nitrogens with one attached hydrogen (secondary N) is 2. The minimum absolute atomic E-state index is 0.104. The van der Waals surface area contributed by atoms with Crippen LogP contribution in [0.3, 0.4) is 0 Å². The van der Waals surface area contributed by atoms with Crippen LogP contribution in [0.15, 0.2) is 18.2 Å². The maximum absolute atomic E-state index is 12.0. The summed E-state index contributed by atoms with van der Waals surface area (Å²) in [6, 6.07) is 5.44. The third kappa shape index (κ3) is 4.11. The fourth-order valence-corrected chi connectivity index (χ4v) is 2.45. The fraction of sp³-hybridized carbons (Fsp3) is 0.333. The van der Waals surface area contributed by atoms with E-state index in [-0.39, 0.29) is 18.4 Å². The monoisotopic (exact) mass is 318 g/mol. The second-order valence-electron chi connectivity index (χ2n) is 4.88. The average molecular weight is 318 g/mol. The Bertz CT molecular complexity index is 697. The van der Waals surface area contributed by atoms with Crippen molar-refractivity contribution in [1.29, 1.82) is 0 Å². The van der Waals surface area contributed by atoms with Gasteiger partial charge in [-0.2, -0.15) is 0 Å². The van der Waals surface area contributed by atoms with E-state index in [0.717, 1.165) is 22.6 Å². The lowest BCUT2D eigenvalue weighted by Gasteiger charge is -2.07. The Balaban J connectivity index is 1.87. The predicted octanol–water partition coefficient (Wildman–Crippen LogP) is 2.09. The number of rotatable bonds is 5. The van der Waals surface area contributed by atoms with Gasteiger partial charge in [0.25, 0.3) is 5.91 Å². The fourth-order valence-electron chi connectivity index (χ4n) is 1.76. The molecule has 0 unspecified atom stereocenters. The summed E-state index contributed by atoms with van der Waals surface area (Å²) >= 11 is 1.33. The van der Waals surface area contributed by atoms with Crippen LogP contribution in [0.25, 0.3) is 0 Å². The van der Waals surface area contributed by atoms with Gasteiger partial charge in [0.15, 0.2) is 0 Å². The van der Waals surface area contributed by atoms with Gasteiger partial charge in [-0.3, -0.25) is 14.9 Å². The number of anilines is 1. The lowest BCUT2D eigenvalue weighted by molar-refractivity contribution is -0.115. The van der Waals surface area contributed by atoms with Crippen molar-refractivity contribution in [2.75, 3.05) is 11.9 Å². The molecule has 7 heteroatoms. The van der Waals surface area contributed by atoms with Crippen LogP contribution in [-0.4, -0.2) is 28.6 Å². The predicted molar refractivity (Wildman–Crippen MR) is 86.2 cm³/mol. The van der Waals surface area contributed by atoms with E-state index in [1.165, 1.54) is 11.3 Å². The van der Waals surface area contributed by atoms with E-state index in [2.05, 4.69) is 20.8 Å². The quantitative estimate of drug-likeness (QED) is 0.884. The zero-order valence-electron chi connectivity index (χ0n) is 12.8. The molecule has 2 amide bonds. The summed E-state index contributed by atoms with van der Waals surface area (Å²) in [7, 11) is 0. The summed E-state index contributed by atoms with van der Waals surface area (Å²) in [5, 5.41) is 14.3. The van der Waals surface area contributed by atoms with E-state index in [0.29, 0.717) is 10.7 Å². The molecule has 0 spiro atoms. The second-order valence-corrected chi connectivity index (χ2v) is 5.95. The molecule has 0 aliphatic carbocycles. The highest BCUT2D eigenvalue weighted by atomic mass is 32.1. The van der Waals surface area contributed by atoms with Gasteiger partial charge >= 0.3 is 0 Å². The number of carbonyl (C=O) groups excluding carboxylic acids is 2. The topological polar surface area (TPSA) is 84.0 Å². The average Bonchev–Trinajstić information content (AvgIpc) is 2.95. The molecule has 0 aliphatic heterocycles. The smallest absolute Gasteiger partial charge is 0.251 e. The Morgan fingerprint density at radius 1 is 1.18 bits per heavy atom. The van der Waals surface area contributed by atoms with E-state index in [9.17, 15) is 9.59 Å². The summed E-state index contributed by atoms with van der Waals surface area (Å²) in [5.74, 6) is -0.597. The molecule has 2 rings (SSSR count). The lowest BCUT2D eigenvalue weighted by atomic mass is 10.1. The van der Waals surface area contributed by atoms with Gasteiger partial charge in [-0.1, -0.05) is 24.3 Å². The van der Waals surface area contributed by atoms with Gasteiger partial charge in [0.2, 0.25) is 11.0 Å². The molecule has 2 N–H and O–H groups in total. The summed E-state index contributed by atoms with van der Waals surface area (Å²) in [5.41, 5.74) is 2.70. The van der Waals surface area contributed by atoms with Crippen LogP contribution in [0.5, 0.6) is 0 Å². The summed E-state index contributed by atoms with van der Waals surface area (Å²) < 4.78 is 0. The third-order valence-corrected chi connectivity index (χ3v) is 4.18. The van der Waals surface area contributed by atoms with Gasteiger partial charge < -0.3 is 5.32 Å². The Morgan fingerprint density at radius 3 is 2.59 bits per heavy atom. The van der Waals surface area contributed by atoms with Gasteiger partial charge in [-0.15, -0.1) is 10.2 Å². The van der Waals surface area contributed by atoms with Gasteiger partial charge in [0.05, 0.1) is 6.54 Å². The largest absolute Gasteiger partial charge is 0.343 e. The SMILES string of the molecule is CCc1nnc(NC(=O)CNC(=O)c2ccc(C)c(C)c2)s1. The zero-order valence-corrected chi connectivity index (χ0v) is 13.6. The number of aromatic nitrogens is 2. The summed E-state index contributed by atoms with van der Waals surface area (Å²) in [4.78, 5) is 23.8. The maximum Gasteiger partial charge on any atom is 0.251 e. The summed E-state index contributed by atoms with van der Waals surface area (Å²) in [6.45, 7) is 5.79. The number of carbonyl (C=O) groups is 2. The first-order valence-corrected chi connectivity index (χ1v) is 7.79. The number of hydrogen-bond donors (Lipinski definition) is 2. The minimum Gasteiger partial charge on any atom is -0.343 e. The van der Waals surface area contributed by atoms with Crippen LogP contribution in [0.4, 0.5) is 5.13 Å². The minimum atomic E-state index is -0.323. The van der Waals surface area contributed by atoms with Crippen LogP contribution < -0.4 is 10.6 Å². The van der Waals surface area contributed by atoms with Crippen LogP contribution in [0, 0.1) is 13.8 Å². The van der Waals surface area contributed by atoms with E-state index >= 15 is 0 Å². The van der Waals surface area contributed by atoms with E-state index in [4.69, 9.17) is 0 Å². The van der Waals surface area contributed by atoms with Crippen LogP contribution in [0.2, 0.25) is 0 Å². The molecule has 0 saturated heterocycles. The lowest BCUT2D eigenvalue weighted by Crippen LogP contribution is -2.32. The second kappa shape index (κ2) is 7.13.